The number of benzene rings is 8. The van der Waals surface area contributed by atoms with Crippen LogP contribution in [-0.2, 0) is 85.2 Å². The number of pyridine rings is 4. The Kier molecular flexibility index (Phi) is 31.5. The number of hydrogen-bond donors (Lipinski definition) is 1. The van der Waals surface area contributed by atoms with Crippen molar-refractivity contribution >= 4 is 5.78 Å². The molecule has 0 aliphatic rings. The van der Waals surface area contributed by atoms with E-state index < -0.39 is 0 Å². The van der Waals surface area contributed by atoms with Crippen molar-refractivity contribution in [3.8, 4) is 95.3 Å². The number of aliphatic hydroxyl groups excluding tert-OH is 1. The molecule has 12 aromatic rings. The Hall–Kier alpha value is -8.03. The summed E-state index contributed by atoms with van der Waals surface area (Å²) >= 11 is 0. The van der Waals surface area contributed by atoms with E-state index in [1.807, 2.05) is 183 Å². The van der Waals surface area contributed by atoms with Crippen LogP contribution in [-0.4, -0.2) is 37.9 Å². The molecule has 7 nitrogen and oxygen atoms in total. The van der Waals surface area contributed by atoms with Crippen LogP contribution in [0.4, 0.5) is 0 Å². The fourth-order valence-electron chi connectivity index (χ4n) is 8.92. The molecule has 0 aliphatic heterocycles. The van der Waals surface area contributed by atoms with E-state index in [-0.39, 0.29) is 92.0 Å². The van der Waals surface area contributed by atoms with Crippen LogP contribution in [0.2, 0.25) is 0 Å². The molecular weight excluding hydrogens is 1800 g/mol. The molecule has 4 heterocycles. The minimum absolute atomic E-state index is 0. The first-order valence-corrected chi connectivity index (χ1v) is 27.5. The predicted molar refractivity (Wildman–Crippen MR) is 344 cm³/mol. The number of aryl methyl sites for hydroxylation is 3. The van der Waals surface area contributed by atoms with Gasteiger partial charge in [-0.15, -0.1) is 143 Å². The van der Waals surface area contributed by atoms with Gasteiger partial charge in [-0.25, -0.2) is 0 Å². The number of hydrogen-bond acceptors (Lipinski definition) is 7. The zero-order valence-electron chi connectivity index (χ0n) is 49.4. The van der Waals surface area contributed by atoms with Crippen molar-refractivity contribution in [3.05, 3.63) is 320 Å². The molecule has 4 radical (unpaired) electrons. The normalized spacial score (nSPS) is 9.95. The summed E-state index contributed by atoms with van der Waals surface area (Å²) in [4.78, 5) is 28.1. The van der Waals surface area contributed by atoms with Crippen LogP contribution < -0.4 is 4.74 Å². The van der Waals surface area contributed by atoms with Crippen LogP contribution >= 0.6 is 0 Å². The number of aliphatic hydroxyl groups is 1. The molecular formula is C77H64Ir4N4O3-4. The number of para-hydroxylation sites is 1. The molecule has 0 bridgehead atoms. The minimum Gasteiger partial charge on any atom is -0.512 e. The maximum atomic E-state index is 10.0. The number of nitrogens with zero attached hydrogens (tertiary/aromatic N) is 4. The van der Waals surface area contributed by atoms with Gasteiger partial charge in [0.15, 0.2) is 5.78 Å². The van der Waals surface area contributed by atoms with Crippen molar-refractivity contribution in [1.29, 1.82) is 0 Å². The number of ether oxygens (including phenoxy) is 1. The summed E-state index contributed by atoms with van der Waals surface area (Å²) in [5, 5.41) is 8.36. The molecule has 0 saturated heterocycles. The second-order valence-corrected chi connectivity index (χ2v) is 19.4. The number of ketones is 1. The molecule has 88 heavy (non-hydrogen) atoms. The first-order chi connectivity index (χ1) is 41.0. The van der Waals surface area contributed by atoms with E-state index in [1.54, 1.807) is 7.11 Å². The molecule has 4 aromatic heterocycles. The summed E-state index contributed by atoms with van der Waals surface area (Å²) in [7, 11) is 1.68. The maximum Gasteiger partial charge on any atom is 0.155 e. The van der Waals surface area contributed by atoms with Gasteiger partial charge in [0.1, 0.15) is 5.75 Å². The average Bonchev–Trinajstić information content (AvgIpc) is 2.23. The quantitative estimate of drug-likeness (QED) is 0.0827. The second-order valence-electron chi connectivity index (χ2n) is 19.4. The van der Waals surface area contributed by atoms with Crippen molar-refractivity contribution in [1.82, 2.24) is 19.9 Å². The van der Waals surface area contributed by atoms with Gasteiger partial charge in [-0.3, -0.25) is 4.79 Å². The van der Waals surface area contributed by atoms with Crippen molar-refractivity contribution in [2.24, 2.45) is 0 Å². The Morgan fingerprint density at radius 3 is 1.33 bits per heavy atom. The minimum atomic E-state index is -0.125. The smallest absolute Gasteiger partial charge is 0.155 e. The van der Waals surface area contributed by atoms with E-state index >= 15 is 0 Å². The van der Waals surface area contributed by atoms with Gasteiger partial charge < -0.3 is 29.8 Å². The Labute approximate surface area is 573 Å². The summed E-state index contributed by atoms with van der Waals surface area (Å²) < 4.78 is 5.38. The largest absolute Gasteiger partial charge is 0.512 e. The molecule has 11 heteroatoms. The van der Waals surface area contributed by atoms with Crippen LogP contribution in [0.15, 0.2) is 279 Å². The van der Waals surface area contributed by atoms with Gasteiger partial charge in [0, 0.05) is 122 Å². The first kappa shape index (κ1) is 72.4. The molecule has 0 amide bonds. The molecule has 0 saturated carbocycles. The molecule has 12 rings (SSSR count). The Morgan fingerprint density at radius 2 is 0.875 bits per heavy atom. The third kappa shape index (κ3) is 22.0. The maximum absolute atomic E-state index is 10.0. The number of carbonyl (C=O) groups excluding carboxylic acids is 1. The number of carbonyl (C=O) groups is 1. The summed E-state index contributed by atoms with van der Waals surface area (Å²) in [6.07, 6.45) is 8.74. The van der Waals surface area contributed by atoms with Crippen molar-refractivity contribution in [2.75, 3.05) is 7.11 Å². The number of allylic oxidation sites excluding steroid dienone is 2. The zero-order chi connectivity index (χ0) is 58.9. The van der Waals surface area contributed by atoms with Crippen molar-refractivity contribution in [3.63, 3.8) is 0 Å². The Morgan fingerprint density at radius 1 is 0.420 bits per heavy atom. The van der Waals surface area contributed by atoms with Crippen LogP contribution in [0, 0.1) is 45.0 Å². The van der Waals surface area contributed by atoms with Crippen LogP contribution in [0.3, 0.4) is 0 Å². The number of aromatic nitrogens is 4. The number of rotatable bonds is 10. The molecule has 0 fully saturated rings. The van der Waals surface area contributed by atoms with E-state index in [2.05, 4.69) is 150 Å². The van der Waals surface area contributed by atoms with Gasteiger partial charge in [-0.2, -0.15) is 0 Å². The third-order valence-electron chi connectivity index (χ3n) is 13.0. The van der Waals surface area contributed by atoms with E-state index in [0.717, 1.165) is 73.0 Å². The van der Waals surface area contributed by atoms with Gasteiger partial charge >= 0.3 is 0 Å². The summed E-state index contributed by atoms with van der Waals surface area (Å²) in [5.74, 6) is 0.792. The van der Waals surface area contributed by atoms with E-state index in [4.69, 9.17) is 9.84 Å². The molecule has 0 unspecified atom stereocenters. The van der Waals surface area contributed by atoms with Gasteiger partial charge in [0.2, 0.25) is 0 Å². The first-order valence-electron chi connectivity index (χ1n) is 27.5. The van der Waals surface area contributed by atoms with Gasteiger partial charge in [-0.05, 0) is 94.6 Å². The molecule has 1 N–H and O–H groups in total. The van der Waals surface area contributed by atoms with E-state index in [1.165, 1.54) is 58.9 Å². The van der Waals surface area contributed by atoms with Gasteiger partial charge in [0.05, 0.1) is 12.9 Å². The number of methoxy groups -OCH3 is 1. The van der Waals surface area contributed by atoms with Crippen molar-refractivity contribution < 1.29 is 95.1 Å². The standard InChI is InChI=1S/C19H16N.C18H14NO.C18H14N.C17H12N.C5H8O2.4Ir/c1-14-8-10-18(15(2)12-14)19-11-9-17(13-20-19)16-6-4-3-5-7-16;1-20-18-10-6-5-9-16(18)15-11-12-17(19-13-15)14-7-3-2-4-8-14;1-14-7-5-6-10-17(14)16-11-12-18(19-13-16)15-8-3-2-4-9-15;1-3-7-14(8-4-1)16-11-12-18-17(13-16)15-9-5-2-6-10-15;1-4(6)3-5(2)7;;;;/h3-9,11-13H,1-2H3;2-7,9-13H,1H3;2-8,10-13H,1H3;1-9,11-13H;3,6H,1-2H3;;;;/q4*-1;;;;;. The van der Waals surface area contributed by atoms with E-state index in [0.29, 0.717) is 0 Å². The van der Waals surface area contributed by atoms with Crippen molar-refractivity contribution in [2.45, 2.75) is 34.6 Å². The van der Waals surface area contributed by atoms with Gasteiger partial charge in [-0.1, -0.05) is 159 Å². The third-order valence-corrected chi connectivity index (χ3v) is 13.0. The van der Waals surface area contributed by atoms with Crippen LogP contribution in [0.5, 0.6) is 5.75 Å². The fraction of sp³-hybridized carbons (Fsp3) is 0.0779. The Balaban J connectivity index is 0.000000239. The molecule has 0 atom stereocenters. The molecule has 8 aromatic carbocycles. The Bertz CT molecular complexity index is 3930. The summed E-state index contributed by atoms with van der Waals surface area (Å²) in [6, 6.07) is 94.2. The molecule has 0 aliphatic carbocycles. The summed E-state index contributed by atoms with van der Waals surface area (Å²) in [5.41, 5.74) is 20.8. The fourth-order valence-corrected chi connectivity index (χ4v) is 8.92. The predicted octanol–water partition coefficient (Wildman–Crippen LogP) is 18.8. The van der Waals surface area contributed by atoms with Gasteiger partial charge in [0.25, 0.3) is 0 Å². The van der Waals surface area contributed by atoms with Crippen LogP contribution in [0.1, 0.15) is 30.5 Å². The molecule has 0 spiro atoms. The topological polar surface area (TPSA) is 98.1 Å². The van der Waals surface area contributed by atoms with Crippen LogP contribution in [0.25, 0.3) is 89.5 Å². The second kappa shape index (κ2) is 38.3. The monoisotopic (exact) mass is 1860 g/mol. The molecule has 450 valence electrons. The van der Waals surface area contributed by atoms with E-state index in [9.17, 15) is 4.79 Å². The zero-order valence-corrected chi connectivity index (χ0v) is 58.9. The summed E-state index contributed by atoms with van der Waals surface area (Å²) in [6.45, 7) is 9.15. The SMILES string of the molecule is CC(=O)C=C(C)O.COc1ccccc1-c1ccc(-c2[c-]cccc2)nc1.Cc1c[c-]c(-c2ccc(-c3ccccc3)cn2)c(C)c1.Cc1ccccc1-c1ccc(-c2[c-]cccc2)nc1.[Ir].[Ir].[Ir].[Ir].[c-]1ccccc1-c1cc(-c2ccccc2)ccn1. The average molecular weight is 1860 g/mol.